The number of hydrazone groups is 1. The number of hydrogen-bond acceptors (Lipinski definition) is 4. The van der Waals surface area contributed by atoms with Gasteiger partial charge in [-0.25, -0.2) is 5.01 Å². The van der Waals surface area contributed by atoms with Gasteiger partial charge in [-0.2, -0.15) is 10.2 Å². The topological polar surface area (TPSA) is 70.8 Å². The largest absolute Gasteiger partial charge is 0.333 e. The van der Waals surface area contributed by atoms with E-state index in [1.807, 2.05) is 28.9 Å². The third-order valence-corrected chi connectivity index (χ3v) is 4.25. The van der Waals surface area contributed by atoms with Crippen LogP contribution >= 0.6 is 0 Å². The highest BCUT2D eigenvalue weighted by Crippen LogP contribution is 2.21. The monoisotopic (exact) mass is 303 g/mol. The molecule has 0 aromatic carbocycles. The molecule has 7 heteroatoms. The number of rotatable bonds is 3. The molecule has 3 heterocycles. The maximum Gasteiger partial charge on any atom is 0.270 e. The molecule has 1 fully saturated rings. The van der Waals surface area contributed by atoms with E-state index >= 15 is 0 Å². The van der Waals surface area contributed by atoms with Gasteiger partial charge in [0.2, 0.25) is 5.91 Å². The summed E-state index contributed by atoms with van der Waals surface area (Å²) in [6.45, 7) is 3.47. The number of hydrogen-bond donors (Lipinski definition) is 0. The first-order valence-electron chi connectivity index (χ1n) is 7.68. The summed E-state index contributed by atoms with van der Waals surface area (Å²) >= 11 is 0. The Hall–Kier alpha value is -2.18. The average Bonchev–Trinajstić information content (AvgIpc) is 3.11. The van der Waals surface area contributed by atoms with Crippen LogP contribution in [0.3, 0.4) is 0 Å². The minimum Gasteiger partial charge on any atom is -0.333 e. The van der Waals surface area contributed by atoms with Gasteiger partial charge in [0.25, 0.3) is 5.91 Å². The molecule has 2 aliphatic heterocycles. The summed E-state index contributed by atoms with van der Waals surface area (Å²) in [5.74, 6) is -0.0766. The molecule has 1 unspecified atom stereocenters. The Morgan fingerprint density at radius 3 is 2.91 bits per heavy atom. The zero-order chi connectivity index (χ0) is 15.7. The molecule has 2 amide bonds. The van der Waals surface area contributed by atoms with Crippen LogP contribution in [-0.4, -0.2) is 56.8 Å². The zero-order valence-corrected chi connectivity index (χ0v) is 13.0. The minimum atomic E-state index is -0.0402. The molecule has 118 valence electrons. The van der Waals surface area contributed by atoms with Gasteiger partial charge in [-0.15, -0.1) is 0 Å². The van der Waals surface area contributed by atoms with Crippen LogP contribution < -0.4 is 0 Å². The number of likely N-dealkylation sites (tertiary alicyclic amines) is 1. The van der Waals surface area contributed by atoms with Crippen LogP contribution in [0.1, 0.15) is 31.2 Å². The van der Waals surface area contributed by atoms with E-state index in [9.17, 15) is 9.59 Å². The number of aromatic nitrogens is 2. The molecule has 1 atom stereocenters. The second-order valence-electron chi connectivity index (χ2n) is 6.00. The molecule has 0 aliphatic carbocycles. The van der Waals surface area contributed by atoms with Crippen molar-refractivity contribution in [3.05, 3.63) is 18.0 Å². The molecule has 22 heavy (non-hydrogen) atoms. The van der Waals surface area contributed by atoms with Crippen LogP contribution in [0.15, 0.2) is 17.5 Å². The van der Waals surface area contributed by atoms with Crippen molar-refractivity contribution in [2.75, 3.05) is 13.6 Å². The Kier molecular flexibility index (Phi) is 3.96. The van der Waals surface area contributed by atoms with E-state index in [1.54, 1.807) is 7.05 Å². The van der Waals surface area contributed by atoms with Gasteiger partial charge in [0.05, 0.1) is 18.8 Å². The Balaban J connectivity index is 1.71. The average molecular weight is 303 g/mol. The third-order valence-electron chi connectivity index (χ3n) is 4.25. The van der Waals surface area contributed by atoms with Crippen molar-refractivity contribution in [1.82, 2.24) is 19.7 Å². The highest BCUT2D eigenvalue weighted by atomic mass is 16.2. The molecule has 0 bridgehead atoms. The van der Waals surface area contributed by atoms with Gasteiger partial charge in [-0.05, 0) is 25.3 Å². The van der Waals surface area contributed by atoms with Gasteiger partial charge in [0.15, 0.2) is 0 Å². The predicted octanol–water partition coefficient (Wildman–Crippen LogP) is 0.791. The van der Waals surface area contributed by atoms with Crippen LogP contribution in [0.4, 0.5) is 0 Å². The molecule has 1 aromatic rings. The lowest BCUT2D eigenvalue weighted by atomic mass is 10.1. The van der Waals surface area contributed by atoms with E-state index in [1.165, 1.54) is 5.01 Å². The number of nitrogens with zero attached hydrogens (tertiary/aromatic N) is 5. The van der Waals surface area contributed by atoms with Gasteiger partial charge in [-0.3, -0.25) is 14.3 Å². The van der Waals surface area contributed by atoms with Gasteiger partial charge in [-0.1, -0.05) is 0 Å². The highest BCUT2D eigenvalue weighted by Gasteiger charge is 2.33. The summed E-state index contributed by atoms with van der Waals surface area (Å²) in [6, 6.07) is 0.150. The summed E-state index contributed by atoms with van der Waals surface area (Å²) < 4.78 is 1.89. The molecule has 2 aliphatic rings. The lowest BCUT2D eigenvalue weighted by Gasteiger charge is -2.27. The van der Waals surface area contributed by atoms with Crippen LogP contribution in [0.2, 0.25) is 0 Å². The fraction of sp³-hybridized carbons (Fsp3) is 0.600. The Morgan fingerprint density at radius 1 is 1.41 bits per heavy atom. The third kappa shape index (κ3) is 2.88. The molecular formula is C15H21N5O2. The van der Waals surface area contributed by atoms with Gasteiger partial charge in [0.1, 0.15) is 5.71 Å². The predicted molar refractivity (Wildman–Crippen MR) is 81.1 cm³/mol. The van der Waals surface area contributed by atoms with E-state index in [0.29, 0.717) is 25.1 Å². The van der Waals surface area contributed by atoms with Gasteiger partial charge < -0.3 is 4.90 Å². The summed E-state index contributed by atoms with van der Waals surface area (Å²) in [5.41, 5.74) is 1.61. The SMILES string of the molecule is Cc1cnn(CC2CCCN2C(=O)C2=NN(C)C(=O)CC2)c1. The normalized spacial score (nSPS) is 22.2. The molecule has 0 saturated carbocycles. The fourth-order valence-electron chi connectivity index (χ4n) is 3.07. The van der Waals surface area contributed by atoms with E-state index in [4.69, 9.17) is 0 Å². The van der Waals surface area contributed by atoms with Crippen molar-refractivity contribution in [3.63, 3.8) is 0 Å². The van der Waals surface area contributed by atoms with Crippen molar-refractivity contribution < 1.29 is 9.59 Å². The maximum absolute atomic E-state index is 12.7. The first-order chi connectivity index (χ1) is 10.5. The molecule has 1 aromatic heterocycles. The van der Waals surface area contributed by atoms with Crippen molar-refractivity contribution in [2.45, 2.75) is 45.2 Å². The molecular weight excluding hydrogens is 282 g/mol. The fourth-order valence-corrected chi connectivity index (χ4v) is 3.07. The second kappa shape index (κ2) is 5.90. The highest BCUT2D eigenvalue weighted by molar-refractivity contribution is 6.39. The van der Waals surface area contributed by atoms with Crippen LogP contribution in [0.5, 0.6) is 0 Å². The summed E-state index contributed by atoms with van der Waals surface area (Å²) in [5, 5.41) is 9.72. The molecule has 0 radical (unpaired) electrons. The van der Waals surface area contributed by atoms with E-state index < -0.39 is 0 Å². The van der Waals surface area contributed by atoms with E-state index in [2.05, 4.69) is 10.2 Å². The number of carbonyl (C=O) groups excluding carboxylic acids is 2. The molecule has 7 nitrogen and oxygen atoms in total. The number of carbonyl (C=O) groups is 2. The first kappa shape index (κ1) is 14.7. The molecule has 0 N–H and O–H groups in total. The lowest BCUT2D eigenvalue weighted by molar-refractivity contribution is -0.130. The van der Waals surface area contributed by atoms with Crippen LogP contribution in [0.25, 0.3) is 0 Å². The Morgan fingerprint density at radius 2 is 2.23 bits per heavy atom. The van der Waals surface area contributed by atoms with Crippen molar-refractivity contribution in [3.8, 4) is 0 Å². The smallest absolute Gasteiger partial charge is 0.270 e. The molecule has 1 saturated heterocycles. The standard InChI is InChI=1S/C15H21N5O2/c1-11-8-16-19(9-11)10-12-4-3-7-20(12)15(22)13-5-6-14(21)18(2)17-13/h8-9,12H,3-7,10H2,1-2H3. The summed E-state index contributed by atoms with van der Waals surface area (Å²) in [4.78, 5) is 26.0. The lowest BCUT2D eigenvalue weighted by Crippen LogP contribution is -2.44. The van der Waals surface area contributed by atoms with Gasteiger partial charge >= 0.3 is 0 Å². The van der Waals surface area contributed by atoms with Gasteiger partial charge in [0, 0.05) is 32.6 Å². The molecule has 3 rings (SSSR count). The summed E-state index contributed by atoms with van der Waals surface area (Å²) in [6.07, 6.45) is 6.59. The van der Waals surface area contributed by atoms with Crippen molar-refractivity contribution in [2.24, 2.45) is 5.10 Å². The first-order valence-corrected chi connectivity index (χ1v) is 7.68. The summed E-state index contributed by atoms with van der Waals surface area (Å²) in [7, 11) is 1.60. The molecule has 0 spiro atoms. The Bertz CT molecular complexity index is 621. The minimum absolute atomic E-state index is 0.0364. The quantitative estimate of drug-likeness (QED) is 0.829. The zero-order valence-electron chi connectivity index (χ0n) is 13.0. The van der Waals surface area contributed by atoms with E-state index in [0.717, 1.165) is 24.9 Å². The van der Waals surface area contributed by atoms with Crippen LogP contribution in [-0.2, 0) is 16.1 Å². The second-order valence-corrected chi connectivity index (χ2v) is 6.00. The van der Waals surface area contributed by atoms with Crippen molar-refractivity contribution >= 4 is 17.5 Å². The van der Waals surface area contributed by atoms with Crippen molar-refractivity contribution in [1.29, 1.82) is 0 Å². The van der Waals surface area contributed by atoms with Crippen LogP contribution in [0, 0.1) is 6.92 Å². The number of aryl methyl sites for hydroxylation is 1. The maximum atomic E-state index is 12.7. The Labute approximate surface area is 129 Å². The number of amides is 2. The van der Waals surface area contributed by atoms with E-state index in [-0.39, 0.29) is 17.9 Å².